The fraction of sp³-hybridized carbons (Fsp3) is 0.600. The second-order valence-corrected chi connectivity index (χ2v) is 6.32. The highest BCUT2D eigenvalue weighted by molar-refractivity contribution is 5.57. The molecule has 2 aromatic rings. The van der Waals surface area contributed by atoms with Gasteiger partial charge in [-0.2, -0.15) is 5.10 Å². The van der Waals surface area contributed by atoms with Gasteiger partial charge in [0.05, 0.1) is 0 Å². The maximum absolute atomic E-state index is 13.6. The van der Waals surface area contributed by atoms with Crippen LogP contribution in [0.5, 0.6) is 0 Å². The normalized spacial score (nSPS) is 23.3. The first-order valence-electron chi connectivity index (χ1n) is 7.89. The molecule has 1 aliphatic rings. The lowest BCUT2D eigenvalue weighted by atomic mass is 9.79. The van der Waals surface area contributed by atoms with Crippen molar-refractivity contribution in [3.05, 3.63) is 24.0 Å². The summed E-state index contributed by atoms with van der Waals surface area (Å²) in [7, 11) is 0. The predicted molar refractivity (Wildman–Crippen MR) is 86.1 cm³/mol. The molecule has 0 atom stereocenters. The van der Waals surface area contributed by atoms with Gasteiger partial charge in [-0.25, -0.2) is 19.3 Å². The Morgan fingerprint density at radius 2 is 2.04 bits per heavy atom. The molecule has 0 aromatic carbocycles. The van der Waals surface area contributed by atoms with Crippen molar-refractivity contribution in [3.63, 3.8) is 0 Å². The van der Waals surface area contributed by atoms with E-state index < -0.39 is 5.67 Å². The number of alkyl halides is 1. The molecule has 0 saturated heterocycles. The van der Waals surface area contributed by atoms with E-state index in [0.29, 0.717) is 12.8 Å². The van der Waals surface area contributed by atoms with Crippen LogP contribution in [0.3, 0.4) is 0 Å². The van der Waals surface area contributed by atoms with Gasteiger partial charge < -0.3 is 10.6 Å². The van der Waals surface area contributed by atoms with Crippen molar-refractivity contribution in [3.8, 4) is 0 Å². The number of halogens is 1. The molecule has 3 N–H and O–H groups in total. The molecule has 1 aliphatic carbocycles. The van der Waals surface area contributed by atoms with Crippen LogP contribution >= 0.6 is 0 Å². The fourth-order valence-electron chi connectivity index (χ4n) is 2.85. The van der Waals surface area contributed by atoms with Crippen molar-refractivity contribution in [2.24, 2.45) is 0 Å². The van der Waals surface area contributed by atoms with Gasteiger partial charge in [0, 0.05) is 37.4 Å². The Morgan fingerprint density at radius 1 is 1.26 bits per heavy atom. The van der Waals surface area contributed by atoms with Gasteiger partial charge in [0.25, 0.3) is 0 Å². The van der Waals surface area contributed by atoms with Crippen molar-refractivity contribution in [1.29, 1.82) is 0 Å². The first-order valence-corrected chi connectivity index (χ1v) is 7.89. The molecular formula is C15H22FN7. The Morgan fingerprint density at radius 3 is 2.74 bits per heavy atom. The largest absolute Gasteiger partial charge is 0.370 e. The van der Waals surface area contributed by atoms with E-state index in [-0.39, 0.29) is 6.04 Å². The Hall–Kier alpha value is -2.25. The number of hydrogen-bond acceptors (Lipinski definition) is 6. The number of aryl methyl sites for hydroxylation is 1. The standard InChI is InChI=1S/C15H22FN7/c1-10-13(17-5-3-4-12-18-9-21-23-12)19-8-20-14(10)22-11-6-15(2,16)7-11/h8-9,11H,3-7H2,1-2H3,(H,18,21,23)(H2,17,19,20,22). The third-order valence-electron chi connectivity index (χ3n) is 4.12. The first kappa shape index (κ1) is 15.6. The van der Waals surface area contributed by atoms with Gasteiger partial charge in [-0.1, -0.05) is 0 Å². The monoisotopic (exact) mass is 319 g/mol. The molecule has 0 radical (unpaired) electrons. The average Bonchev–Trinajstić information content (AvgIpc) is 2.98. The van der Waals surface area contributed by atoms with Gasteiger partial charge in [-0.05, 0) is 20.3 Å². The maximum atomic E-state index is 13.6. The van der Waals surface area contributed by atoms with Crippen LogP contribution in [0.4, 0.5) is 16.0 Å². The minimum Gasteiger partial charge on any atom is -0.370 e. The molecule has 2 aromatic heterocycles. The van der Waals surface area contributed by atoms with Crippen LogP contribution in [-0.2, 0) is 6.42 Å². The van der Waals surface area contributed by atoms with Crippen LogP contribution in [0.25, 0.3) is 0 Å². The highest BCUT2D eigenvalue weighted by Crippen LogP contribution is 2.37. The molecule has 0 aliphatic heterocycles. The van der Waals surface area contributed by atoms with Crippen LogP contribution in [0, 0.1) is 6.92 Å². The van der Waals surface area contributed by atoms with E-state index in [1.165, 1.54) is 12.7 Å². The SMILES string of the molecule is Cc1c(NCCCc2ncn[nH]2)ncnc1NC1CC(C)(F)C1. The highest BCUT2D eigenvalue weighted by Gasteiger charge is 2.40. The van der Waals surface area contributed by atoms with Crippen molar-refractivity contribution in [2.75, 3.05) is 17.2 Å². The Balaban J connectivity index is 1.50. The molecule has 124 valence electrons. The third kappa shape index (κ3) is 3.94. The summed E-state index contributed by atoms with van der Waals surface area (Å²) in [6.07, 6.45) is 5.84. The van der Waals surface area contributed by atoms with Gasteiger partial charge in [0.15, 0.2) is 0 Å². The number of aromatic nitrogens is 5. The van der Waals surface area contributed by atoms with Crippen LogP contribution in [0.1, 0.15) is 37.6 Å². The molecule has 8 heteroatoms. The molecule has 0 amide bonds. The maximum Gasteiger partial charge on any atom is 0.137 e. The van der Waals surface area contributed by atoms with E-state index in [4.69, 9.17) is 0 Å². The number of hydrogen-bond donors (Lipinski definition) is 3. The van der Waals surface area contributed by atoms with E-state index in [2.05, 4.69) is 35.8 Å². The van der Waals surface area contributed by atoms with Crippen molar-refractivity contribution < 1.29 is 4.39 Å². The first-order chi connectivity index (χ1) is 11.0. The van der Waals surface area contributed by atoms with E-state index in [1.807, 2.05) is 6.92 Å². The van der Waals surface area contributed by atoms with Crippen LogP contribution in [-0.4, -0.2) is 43.4 Å². The Bertz CT molecular complexity index is 633. The zero-order valence-corrected chi connectivity index (χ0v) is 13.4. The summed E-state index contributed by atoms with van der Waals surface area (Å²) in [5.74, 6) is 2.47. The number of H-pyrrole nitrogens is 1. The van der Waals surface area contributed by atoms with E-state index in [9.17, 15) is 4.39 Å². The fourth-order valence-corrected chi connectivity index (χ4v) is 2.85. The number of aromatic amines is 1. The van der Waals surface area contributed by atoms with Gasteiger partial charge >= 0.3 is 0 Å². The summed E-state index contributed by atoms with van der Waals surface area (Å²) < 4.78 is 13.6. The zero-order valence-electron chi connectivity index (χ0n) is 13.4. The lowest BCUT2D eigenvalue weighted by molar-refractivity contribution is 0.0721. The molecule has 2 heterocycles. The lowest BCUT2D eigenvalue weighted by Gasteiger charge is -2.39. The summed E-state index contributed by atoms with van der Waals surface area (Å²) in [4.78, 5) is 12.6. The molecule has 0 unspecified atom stereocenters. The number of nitrogens with zero attached hydrogens (tertiary/aromatic N) is 4. The van der Waals surface area contributed by atoms with Gasteiger partial charge in [0.1, 0.15) is 35.8 Å². The topological polar surface area (TPSA) is 91.4 Å². The molecule has 7 nitrogen and oxygen atoms in total. The third-order valence-corrected chi connectivity index (χ3v) is 4.12. The second kappa shape index (κ2) is 6.47. The second-order valence-electron chi connectivity index (χ2n) is 6.32. The number of nitrogens with one attached hydrogen (secondary N) is 3. The molecular weight excluding hydrogens is 297 g/mol. The van der Waals surface area contributed by atoms with Crippen molar-refractivity contribution in [1.82, 2.24) is 25.1 Å². The minimum atomic E-state index is -1.04. The zero-order chi connectivity index (χ0) is 16.3. The summed E-state index contributed by atoms with van der Waals surface area (Å²) >= 11 is 0. The molecule has 3 rings (SSSR count). The van der Waals surface area contributed by atoms with Gasteiger partial charge in [-0.3, -0.25) is 5.10 Å². The minimum absolute atomic E-state index is 0.151. The van der Waals surface area contributed by atoms with E-state index in [1.54, 1.807) is 6.92 Å². The Kier molecular flexibility index (Phi) is 4.40. The molecule has 23 heavy (non-hydrogen) atoms. The average molecular weight is 319 g/mol. The van der Waals surface area contributed by atoms with E-state index in [0.717, 1.165) is 42.4 Å². The van der Waals surface area contributed by atoms with Crippen LogP contribution in [0.2, 0.25) is 0 Å². The molecule has 0 spiro atoms. The molecule has 0 bridgehead atoms. The van der Waals surface area contributed by atoms with Crippen molar-refractivity contribution in [2.45, 2.75) is 51.2 Å². The summed E-state index contributed by atoms with van der Waals surface area (Å²) in [6.45, 7) is 4.39. The van der Waals surface area contributed by atoms with Gasteiger partial charge in [-0.15, -0.1) is 0 Å². The Labute approximate surface area is 134 Å². The molecule has 1 saturated carbocycles. The number of anilines is 2. The summed E-state index contributed by atoms with van der Waals surface area (Å²) in [5.41, 5.74) is -0.0833. The highest BCUT2D eigenvalue weighted by atomic mass is 19.1. The van der Waals surface area contributed by atoms with Gasteiger partial charge in [0.2, 0.25) is 0 Å². The van der Waals surface area contributed by atoms with Crippen LogP contribution < -0.4 is 10.6 Å². The molecule has 1 fully saturated rings. The van der Waals surface area contributed by atoms with Crippen molar-refractivity contribution >= 4 is 11.6 Å². The summed E-state index contributed by atoms with van der Waals surface area (Å²) in [6, 6.07) is 0.151. The number of rotatable bonds is 7. The summed E-state index contributed by atoms with van der Waals surface area (Å²) in [5, 5.41) is 13.3. The van der Waals surface area contributed by atoms with Crippen LogP contribution in [0.15, 0.2) is 12.7 Å². The smallest absolute Gasteiger partial charge is 0.137 e. The van der Waals surface area contributed by atoms with E-state index >= 15 is 0 Å². The quantitative estimate of drug-likeness (QED) is 0.678. The lowest BCUT2D eigenvalue weighted by Crippen LogP contribution is -2.45. The predicted octanol–water partition coefficient (Wildman–Crippen LogP) is 2.25.